The average Bonchev–Trinajstić information content (AvgIpc) is 2.36. The third-order valence-electron chi connectivity index (χ3n) is 3.09. The molecule has 0 bridgehead atoms. The molecule has 0 fully saturated rings. The predicted octanol–water partition coefficient (Wildman–Crippen LogP) is 1.91. The fourth-order valence-electron chi connectivity index (χ4n) is 1.57. The van der Waals surface area contributed by atoms with Gasteiger partial charge in [-0.1, -0.05) is 19.1 Å². The minimum atomic E-state index is 0.120. The van der Waals surface area contributed by atoms with Crippen molar-refractivity contribution in [2.24, 2.45) is 5.73 Å². The molecule has 0 saturated carbocycles. The monoisotopic (exact) mass is 222 g/mol. The van der Waals surface area contributed by atoms with Crippen molar-refractivity contribution in [3.05, 3.63) is 29.8 Å². The molecule has 16 heavy (non-hydrogen) atoms. The van der Waals surface area contributed by atoms with Crippen LogP contribution in [0.4, 0.5) is 5.69 Å². The second-order valence-electron chi connectivity index (χ2n) is 4.25. The normalized spacial score (nSPS) is 14.6. The molecule has 0 saturated heterocycles. The van der Waals surface area contributed by atoms with Crippen molar-refractivity contribution in [2.45, 2.75) is 32.4 Å². The Bertz CT molecular complexity index is 310. The summed E-state index contributed by atoms with van der Waals surface area (Å²) in [4.78, 5) is 2.06. The van der Waals surface area contributed by atoms with Gasteiger partial charge in [0, 0.05) is 24.8 Å². The number of nitrogens with two attached hydrogens (primary N) is 1. The molecule has 1 aromatic carbocycles. The number of rotatable bonds is 5. The molecular formula is C13H22N2O. The minimum absolute atomic E-state index is 0.120. The summed E-state index contributed by atoms with van der Waals surface area (Å²) < 4.78 is 0. The highest BCUT2D eigenvalue weighted by Crippen LogP contribution is 2.20. The van der Waals surface area contributed by atoms with E-state index in [1.54, 1.807) is 0 Å². The summed E-state index contributed by atoms with van der Waals surface area (Å²) in [6.45, 7) is 4.23. The van der Waals surface area contributed by atoms with E-state index in [2.05, 4.69) is 36.1 Å². The molecule has 0 aliphatic rings. The van der Waals surface area contributed by atoms with E-state index < -0.39 is 0 Å². The largest absolute Gasteiger partial charge is 0.394 e. The van der Waals surface area contributed by atoms with Gasteiger partial charge in [-0.15, -0.1) is 0 Å². The molecule has 3 N–H and O–H groups in total. The number of hydrogen-bond donors (Lipinski definition) is 2. The van der Waals surface area contributed by atoms with Crippen LogP contribution in [0.5, 0.6) is 0 Å². The second kappa shape index (κ2) is 5.87. The van der Waals surface area contributed by atoms with Gasteiger partial charge in [-0.3, -0.25) is 0 Å². The first kappa shape index (κ1) is 13.0. The van der Waals surface area contributed by atoms with Crippen molar-refractivity contribution >= 4 is 5.69 Å². The van der Waals surface area contributed by atoms with Crippen molar-refractivity contribution in [1.82, 2.24) is 0 Å². The summed E-state index contributed by atoms with van der Waals surface area (Å²) in [6.07, 6.45) is 0.947. The number of aliphatic hydroxyl groups is 1. The van der Waals surface area contributed by atoms with E-state index in [4.69, 9.17) is 10.8 Å². The Labute approximate surface area is 97.9 Å². The highest BCUT2D eigenvalue weighted by Gasteiger charge is 2.09. The van der Waals surface area contributed by atoms with Crippen LogP contribution in [0.2, 0.25) is 0 Å². The zero-order chi connectivity index (χ0) is 12.1. The fourth-order valence-corrected chi connectivity index (χ4v) is 1.57. The van der Waals surface area contributed by atoms with Gasteiger partial charge >= 0.3 is 0 Å². The number of hydrogen-bond acceptors (Lipinski definition) is 3. The number of aliphatic hydroxyl groups excluding tert-OH is 1. The zero-order valence-corrected chi connectivity index (χ0v) is 10.4. The first-order valence-electron chi connectivity index (χ1n) is 5.79. The Balaban J connectivity index is 2.78. The van der Waals surface area contributed by atoms with Gasteiger partial charge in [0.25, 0.3) is 0 Å². The highest BCUT2D eigenvalue weighted by molar-refractivity contribution is 5.48. The quantitative estimate of drug-likeness (QED) is 0.800. The number of anilines is 1. The first-order valence-corrected chi connectivity index (χ1v) is 5.79. The third kappa shape index (κ3) is 2.97. The van der Waals surface area contributed by atoms with E-state index in [0.29, 0.717) is 0 Å². The van der Waals surface area contributed by atoms with Crippen molar-refractivity contribution in [3.63, 3.8) is 0 Å². The molecule has 1 aromatic rings. The zero-order valence-electron chi connectivity index (χ0n) is 10.4. The predicted molar refractivity (Wildman–Crippen MR) is 68.6 cm³/mol. The molecule has 0 amide bonds. The smallest absolute Gasteiger partial charge is 0.0632 e. The van der Waals surface area contributed by atoms with Gasteiger partial charge in [0.2, 0.25) is 0 Å². The fraction of sp³-hybridized carbons (Fsp3) is 0.538. The summed E-state index contributed by atoms with van der Waals surface area (Å²) in [5.41, 5.74) is 8.22. The molecule has 0 spiro atoms. The molecule has 90 valence electrons. The lowest BCUT2D eigenvalue weighted by atomic mass is 10.0. The summed E-state index contributed by atoms with van der Waals surface area (Å²) >= 11 is 0. The molecule has 3 heteroatoms. The molecule has 3 nitrogen and oxygen atoms in total. The second-order valence-corrected chi connectivity index (χ2v) is 4.25. The lowest BCUT2D eigenvalue weighted by molar-refractivity contribution is 0.270. The van der Waals surface area contributed by atoms with E-state index in [9.17, 15) is 0 Å². The SMILES string of the molecule is CC[C@@H](N)c1ccc(N(C)C(C)CO)cc1. The van der Waals surface area contributed by atoms with E-state index in [-0.39, 0.29) is 18.7 Å². The summed E-state index contributed by atoms with van der Waals surface area (Å²) in [5, 5.41) is 9.09. The molecule has 0 aliphatic heterocycles. The van der Waals surface area contributed by atoms with Crippen molar-refractivity contribution in [3.8, 4) is 0 Å². The van der Waals surface area contributed by atoms with Crippen LogP contribution in [0.3, 0.4) is 0 Å². The topological polar surface area (TPSA) is 49.5 Å². The molecule has 1 unspecified atom stereocenters. The van der Waals surface area contributed by atoms with Crippen LogP contribution < -0.4 is 10.6 Å². The van der Waals surface area contributed by atoms with Crippen molar-refractivity contribution in [1.29, 1.82) is 0 Å². The Hall–Kier alpha value is -1.06. The molecule has 0 aromatic heterocycles. The van der Waals surface area contributed by atoms with E-state index in [1.165, 1.54) is 0 Å². The summed E-state index contributed by atoms with van der Waals surface area (Å²) in [6, 6.07) is 8.47. The van der Waals surface area contributed by atoms with Crippen LogP contribution in [0.25, 0.3) is 0 Å². The van der Waals surface area contributed by atoms with Crippen LogP contribution in [0.15, 0.2) is 24.3 Å². The van der Waals surface area contributed by atoms with Gasteiger partial charge in [0.05, 0.1) is 6.61 Å². The lowest BCUT2D eigenvalue weighted by Crippen LogP contribution is -2.31. The van der Waals surface area contributed by atoms with Crippen molar-refractivity contribution in [2.75, 3.05) is 18.6 Å². The Morgan fingerprint density at radius 2 is 1.88 bits per heavy atom. The van der Waals surface area contributed by atoms with Crippen LogP contribution in [0.1, 0.15) is 31.9 Å². The van der Waals surface area contributed by atoms with Crippen LogP contribution in [-0.4, -0.2) is 24.8 Å². The van der Waals surface area contributed by atoms with Gasteiger partial charge < -0.3 is 15.7 Å². The van der Waals surface area contributed by atoms with E-state index in [0.717, 1.165) is 17.7 Å². The van der Waals surface area contributed by atoms with Crippen LogP contribution in [-0.2, 0) is 0 Å². The summed E-state index contributed by atoms with van der Waals surface area (Å²) in [5.74, 6) is 0. The van der Waals surface area contributed by atoms with Crippen LogP contribution in [0, 0.1) is 0 Å². The Morgan fingerprint density at radius 3 is 2.31 bits per heavy atom. The molecule has 0 heterocycles. The van der Waals surface area contributed by atoms with Crippen LogP contribution >= 0.6 is 0 Å². The maximum Gasteiger partial charge on any atom is 0.0632 e. The standard InChI is InChI=1S/C13H22N2O/c1-4-13(14)11-5-7-12(8-6-11)15(3)10(2)9-16/h5-8,10,13,16H,4,9,14H2,1-3H3/t10?,13-/m1/s1. The third-order valence-corrected chi connectivity index (χ3v) is 3.09. The Morgan fingerprint density at radius 1 is 1.31 bits per heavy atom. The van der Waals surface area contributed by atoms with E-state index >= 15 is 0 Å². The number of benzene rings is 1. The maximum atomic E-state index is 9.09. The molecular weight excluding hydrogens is 200 g/mol. The molecule has 2 atom stereocenters. The summed E-state index contributed by atoms with van der Waals surface area (Å²) in [7, 11) is 1.98. The first-order chi connectivity index (χ1) is 7.60. The molecule has 1 rings (SSSR count). The van der Waals surface area contributed by atoms with Gasteiger partial charge in [-0.2, -0.15) is 0 Å². The lowest BCUT2D eigenvalue weighted by Gasteiger charge is -2.25. The van der Waals surface area contributed by atoms with Gasteiger partial charge in [-0.05, 0) is 31.0 Å². The molecule has 0 radical (unpaired) electrons. The maximum absolute atomic E-state index is 9.09. The average molecular weight is 222 g/mol. The minimum Gasteiger partial charge on any atom is -0.394 e. The van der Waals surface area contributed by atoms with Crippen molar-refractivity contribution < 1.29 is 5.11 Å². The van der Waals surface area contributed by atoms with Gasteiger partial charge in [0.15, 0.2) is 0 Å². The highest BCUT2D eigenvalue weighted by atomic mass is 16.3. The number of nitrogens with zero attached hydrogens (tertiary/aromatic N) is 1. The van der Waals surface area contributed by atoms with Gasteiger partial charge in [0.1, 0.15) is 0 Å². The van der Waals surface area contributed by atoms with Gasteiger partial charge in [-0.25, -0.2) is 0 Å². The number of likely N-dealkylation sites (N-methyl/N-ethyl adjacent to an activating group) is 1. The van der Waals surface area contributed by atoms with E-state index in [1.807, 2.05) is 14.0 Å². The Kier molecular flexibility index (Phi) is 4.77. The molecule has 0 aliphatic carbocycles.